The Bertz CT molecular complexity index is 4910. The van der Waals surface area contributed by atoms with E-state index in [1.807, 2.05) is 132 Å². The van der Waals surface area contributed by atoms with Crippen molar-refractivity contribution in [2.75, 3.05) is 82.7 Å². The van der Waals surface area contributed by atoms with Gasteiger partial charge in [0.25, 0.3) is 17.7 Å². The Balaban J connectivity index is 0.000000211. The van der Waals surface area contributed by atoms with Crippen LogP contribution in [0.15, 0.2) is 12.7 Å². The molecule has 14 N–H and O–H groups in total. The quantitative estimate of drug-likeness (QED) is 0.0312. The number of fused-ring (bicyclic) bond motifs is 3. The number of Topliss-reactive ketones (excluding diaryl/α,β-unsaturated/α-hetero) is 3. The number of carbonyl (C=O) groups excluding carboxylic acids is 15. The molecule has 6 aliphatic carbocycles. The number of carbonyl (C=O) groups is 15. The van der Waals surface area contributed by atoms with Gasteiger partial charge in [-0.2, -0.15) is 12.9 Å². The van der Waals surface area contributed by atoms with Crippen molar-refractivity contribution in [1.82, 2.24) is 80.8 Å². The van der Waals surface area contributed by atoms with E-state index in [1.165, 1.54) is 33.7 Å². The number of sulfonamides is 3. The average Bonchev–Trinajstić information content (AvgIpc) is 1.53. The molecule has 0 bridgehead atoms. The fraction of sp³-hybridized carbons (Fsp3) is 0.819. The third kappa shape index (κ3) is 25.8. The van der Waals surface area contributed by atoms with Crippen LogP contribution < -0.4 is 64.6 Å². The molecule has 0 aromatic heterocycles. The number of ketones is 3. The molecule has 3 unspecified atom stereocenters. The molecule has 0 aromatic carbocycles. The number of primary amides is 2. The molecule has 0 radical (unpaired) electrons. The molecule has 15 amide bonds. The second-order valence-electron chi connectivity index (χ2n) is 46.4. The van der Waals surface area contributed by atoms with Crippen LogP contribution in [-0.4, -0.2) is 297 Å². The minimum atomic E-state index is -3.36. The van der Waals surface area contributed by atoms with Crippen molar-refractivity contribution < 1.29 is 97.2 Å². The van der Waals surface area contributed by atoms with E-state index in [0.29, 0.717) is 77.8 Å². The van der Waals surface area contributed by atoms with Crippen LogP contribution in [0, 0.1) is 104 Å². The average molecular weight is 1970 g/mol. The molecule has 6 aliphatic heterocycles. The van der Waals surface area contributed by atoms with Crippen LogP contribution in [0.4, 0.5) is 14.4 Å². The van der Waals surface area contributed by atoms with Gasteiger partial charge in [0.15, 0.2) is 0 Å². The van der Waals surface area contributed by atoms with Crippen molar-refractivity contribution >= 4 is 119 Å². The Labute approximate surface area is 803 Å². The Kier molecular flexibility index (Phi) is 33.9. The first-order valence-electron chi connectivity index (χ1n) is 48.9. The van der Waals surface area contributed by atoms with Crippen molar-refractivity contribution in [3.8, 4) is 0 Å². The molecule has 766 valence electrons. The van der Waals surface area contributed by atoms with Gasteiger partial charge in [0, 0.05) is 83.6 Å². The molecular weight excluding hydrogens is 1810 g/mol. The van der Waals surface area contributed by atoms with Gasteiger partial charge in [-0.1, -0.05) is 196 Å². The number of piperidine rings is 3. The summed E-state index contributed by atoms with van der Waals surface area (Å²) in [4.78, 5) is 204. The van der Waals surface area contributed by atoms with Crippen LogP contribution in [0.5, 0.6) is 0 Å². The summed E-state index contributed by atoms with van der Waals surface area (Å²) in [7, 11) is -10.1. The summed E-state index contributed by atoms with van der Waals surface area (Å²) in [5.74, 6) is -7.60. The SMILES string of the molecule is C=CCNC(=O)C(=O)C(CC1CC1)NC(=O)[C@@H]1[C@@H]2[C@H](CN1C(=O)[C@@H](NC(=O)N[C@H](CN1CCCS1(=O)=O)C(C)C)C(C)(C)C)C2(C)C.CC(C)[C@@H](CN1CCCS1(=O)=O)NC(=O)N[C@H](C(=O)N1C[C@H]2[C@@H]([C@H]1C(=O)NC(CC1CC1)C(=O)C(N)=O)C2(C)C)C(C)(C)C.CC(C)[C@@H](CN1CCCS1(=O)=O)NC(=O)N[C@H](C(=O)N1C[C@H]2[C@@H]([C@H]1C(=O)NC(CC1CCC1)C(=O)C(N)=O)C2(C)C)C(C)(C)C. The van der Waals surface area contributed by atoms with Crippen LogP contribution in [0.3, 0.4) is 0 Å². The lowest BCUT2D eigenvalue weighted by Gasteiger charge is -2.38. The van der Waals surface area contributed by atoms with Gasteiger partial charge in [-0.3, -0.25) is 57.5 Å². The molecule has 6 saturated carbocycles. The Morgan fingerprint density at radius 2 is 0.640 bits per heavy atom. The molecule has 39 nitrogen and oxygen atoms in total. The van der Waals surface area contributed by atoms with E-state index in [4.69, 9.17) is 11.5 Å². The third-order valence-electron chi connectivity index (χ3n) is 31.0. The number of nitrogens with one attached hydrogen (secondary N) is 10. The lowest BCUT2D eigenvalue weighted by atomic mass is 9.80. The first-order valence-corrected chi connectivity index (χ1v) is 53.7. The van der Waals surface area contributed by atoms with Crippen LogP contribution in [0.2, 0.25) is 0 Å². The summed E-state index contributed by atoms with van der Waals surface area (Å²) in [6, 6.07) is -12.0. The van der Waals surface area contributed by atoms with E-state index in [9.17, 15) is 97.2 Å². The standard InChI is InChI=1S/C33H54N6O7S.C31H52N6O7S.C30H50N6O7S/c1-9-13-34-29(42)26(40)22(16-20-11-12-20)35-28(41)25-24-21(33(24,7)8)17-39(25)30(43)27(32(4,5)6)37-31(44)36-23(19(2)3)18-38-14-10-15-47(38,45)46;1-17(2)21(16-36-12-9-13-45(36,43)44)34-29(42)35-25(30(3,4)5)28(41)37-15-19-22(31(19,6)7)23(37)27(40)33-20(24(38)26(32)39)14-18-10-8-11-18;1-16(2)20(15-35-11-8-12-44(35,42)43)33-28(41)34-24(29(3,4)5)27(40)36-14-18-21(30(18,6)7)22(36)26(39)32-19(13-17-9-10-17)23(37)25(31)38/h9,19-25,27H,1,10-18H2,2-8H3,(H,34,42)(H,35,41)(H2,36,37,44);17-23,25H,8-16H2,1-7H3,(H2,32,39)(H,33,40)(H2,34,35,42);16-22,24H,8-15H2,1-7H3,(H2,31,38)(H,32,39)(H2,33,34,41)/t21-,22?,23+,24-,25-,27+;19-,20?,21+,22-,23-,25+;18-,19?,20+,21-,22-,24+/m000/s1. The second-order valence-corrected chi connectivity index (χ2v) is 52.7. The van der Waals surface area contributed by atoms with E-state index < -0.39 is 207 Å². The highest BCUT2D eigenvalue weighted by molar-refractivity contribution is 7.89. The van der Waals surface area contributed by atoms with Crippen molar-refractivity contribution in [2.24, 2.45) is 115 Å². The molecule has 0 aromatic rings. The molecular formula is C94H156N18O21S3. The zero-order valence-corrected chi connectivity index (χ0v) is 86.1. The number of likely N-dealkylation sites (tertiary alicyclic amines) is 3. The van der Waals surface area contributed by atoms with E-state index >= 15 is 0 Å². The maximum Gasteiger partial charge on any atom is 0.315 e. The topological polar surface area (TPSA) is 550 Å². The minimum absolute atomic E-state index is 0.0660. The predicted octanol–water partition coefficient (Wildman–Crippen LogP) is 2.96. The number of rotatable bonds is 38. The highest BCUT2D eigenvalue weighted by Crippen LogP contribution is 2.67. The van der Waals surface area contributed by atoms with Gasteiger partial charge in [0.05, 0.1) is 35.4 Å². The zero-order valence-electron chi connectivity index (χ0n) is 83.7. The smallest absolute Gasteiger partial charge is 0.315 e. The molecule has 6 saturated heterocycles. The largest absolute Gasteiger partial charge is 0.363 e. The Morgan fingerprint density at radius 1 is 0.382 bits per heavy atom. The number of nitrogens with two attached hydrogens (primary N) is 2. The van der Waals surface area contributed by atoms with Gasteiger partial charge in [0.2, 0.25) is 82.9 Å². The normalized spacial score (nSPS) is 27.2. The first kappa shape index (κ1) is 110. The molecule has 136 heavy (non-hydrogen) atoms. The van der Waals surface area contributed by atoms with E-state index in [0.717, 1.165) is 44.9 Å². The van der Waals surface area contributed by atoms with Gasteiger partial charge in [-0.25, -0.2) is 39.6 Å². The van der Waals surface area contributed by atoms with Gasteiger partial charge < -0.3 is 79.3 Å². The Hall–Kier alpha value is -8.48. The maximum absolute atomic E-state index is 14.3. The van der Waals surface area contributed by atoms with Crippen molar-refractivity contribution in [3.05, 3.63) is 12.7 Å². The highest BCUT2D eigenvalue weighted by atomic mass is 32.2. The summed E-state index contributed by atoms with van der Waals surface area (Å²) < 4.78 is 78.6. The lowest BCUT2D eigenvalue weighted by molar-refractivity contribution is -0.145. The van der Waals surface area contributed by atoms with Crippen molar-refractivity contribution in [2.45, 2.75) is 301 Å². The summed E-state index contributed by atoms with van der Waals surface area (Å²) >= 11 is 0. The molecule has 0 spiro atoms. The summed E-state index contributed by atoms with van der Waals surface area (Å²) in [6.07, 6.45) is 10.6. The fourth-order valence-corrected chi connectivity index (χ4v) is 25.8. The van der Waals surface area contributed by atoms with Crippen LogP contribution >= 0.6 is 0 Å². The van der Waals surface area contributed by atoms with Gasteiger partial charge in [0.1, 0.15) is 36.3 Å². The molecule has 6 heterocycles. The maximum atomic E-state index is 14.3. The fourth-order valence-electron chi connectivity index (χ4n) is 21.2. The highest BCUT2D eigenvalue weighted by Gasteiger charge is 2.73. The summed E-state index contributed by atoms with van der Waals surface area (Å²) in [6.45, 7) is 46.3. The molecule has 12 fully saturated rings. The van der Waals surface area contributed by atoms with Crippen LogP contribution in [0.25, 0.3) is 0 Å². The van der Waals surface area contributed by atoms with E-state index in [-0.39, 0.29) is 131 Å². The molecule has 18 atom stereocenters. The lowest BCUT2D eigenvalue weighted by Crippen LogP contribution is -2.62. The summed E-state index contributed by atoms with van der Waals surface area (Å²) in [5.41, 5.74) is 7.80. The number of hydrogen-bond donors (Lipinski definition) is 12. The number of nitrogens with zero attached hydrogens (tertiary/aromatic N) is 6. The molecule has 12 aliphatic rings. The van der Waals surface area contributed by atoms with Gasteiger partial charge in [-0.15, -0.1) is 6.58 Å². The Morgan fingerprint density at radius 3 is 0.846 bits per heavy atom. The first-order chi connectivity index (χ1) is 62.8. The number of hydrogen-bond acceptors (Lipinski definition) is 21. The van der Waals surface area contributed by atoms with E-state index in [2.05, 4.69) is 73.6 Å². The minimum Gasteiger partial charge on any atom is -0.363 e. The molecule has 12 rings (SSSR count). The monoisotopic (exact) mass is 1970 g/mol. The van der Waals surface area contributed by atoms with Crippen LogP contribution in [0.1, 0.15) is 229 Å². The van der Waals surface area contributed by atoms with Gasteiger partial charge >= 0.3 is 18.1 Å². The number of urea groups is 3. The van der Waals surface area contributed by atoms with Gasteiger partial charge in [-0.05, 0) is 142 Å². The molecule has 42 heteroatoms. The zero-order chi connectivity index (χ0) is 102. The second kappa shape index (κ2) is 42.1. The third-order valence-corrected chi connectivity index (χ3v) is 36.7. The summed E-state index contributed by atoms with van der Waals surface area (Å²) in [5, 5.41) is 28.0. The van der Waals surface area contributed by atoms with E-state index in [1.54, 1.807) is 0 Å². The predicted molar refractivity (Wildman–Crippen MR) is 508 cm³/mol. The van der Waals surface area contributed by atoms with Crippen molar-refractivity contribution in [3.63, 3.8) is 0 Å². The number of amides is 15. The van der Waals surface area contributed by atoms with Crippen LogP contribution in [-0.2, 0) is 87.6 Å². The van der Waals surface area contributed by atoms with Crippen molar-refractivity contribution in [1.29, 1.82) is 0 Å².